The van der Waals surface area contributed by atoms with Gasteiger partial charge < -0.3 is 26.6 Å². The number of nitrogens with zero attached hydrogens (tertiary/aromatic N) is 3. The Morgan fingerprint density at radius 2 is 1.61 bits per heavy atom. The third-order valence-electron chi connectivity index (χ3n) is 5.16. The summed E-state index contributed by atoms with van der Waals surface area (Å²) in [6, 6.07) is 7.29. The van der Waals surface area contributed by atoms with Gasteiger partial charge in [-0.1, -0.05) is 35.3 Å². The number of rotatable bonds is 12. The predicted molar refractivity (Wildman–Crippen MR) is 132 cm³/mol. The molecule has 0 aliphatic heterocycles. The molecule has 11 heteroatoms. The summed E-state index contributed by atoms with van der Waals surface area (Å²) in [6.07, 6.45) is 3.29. The van der Waals surface area contributed by atoms with E-state index in [1.165, 1.54) is 0 Å². The Morgan fingerprint density at radius 1 is 0.909 bits per heavy atom. The number of hydrogen-bond acceptors (Lipinski definition) is 6. The van der Waals surface area contributed by atoms with Gasteiger partial charge in [-0.05, 0) is 37.0 Å². The highest BCUT2D eigenvalue weighted by atomic mass is 35.5. The molecule has 0 saturated heterocycles. The van der Waals surface area contributed by atoms with Gasteiger partial charge in [-0.2, -0.15) is 0 Å². The number of hydrogen-bond donors (Lipinski definition) is 4. The number of carbonyl (C=O) groups is 2. The van der Waals surface area contributed by atoms with Crippen molar-refractivity contribution in [2.75, 3.05) is 51.7 Å². The quantitative estimate of drug-likeness (QED) is 0.262. The van der Waals surface area contributed by atoms with E-state index < -0.39 is 5.91 Å². The summed E-state index contributed by atoms with van der Waals surface area (Å²) < 4.78 is 0.743. The number of nitrogen functional groups attached to an aromatic ring is 2. The van der Waals surface area contributed by atoms with E-state index in [1.54, 1.807) is 12.1 Å². The highest BCUT2D eigenvalue weighted by Gasteiger charge is 2.18. The molecule has 0 atom stereocenters. The first-order valence-corrected chi connectivity index (χ1v) is 11.5. The van der Waals surface area contributed by atoms with E-state index in [0.29, 0.717) is 24.5 Å². The Bertz CT molecular complexity index is 953. The topological polar surface area (TPSA) is 136 Å². The maximum absolute atomic E-state index is 12.3. The average Bonchev–Trinajstić information content (AvgIpc) is 2.74. The number of quaternary nitrogens is 1. The molecule has 180 valence electrons. The predicted octanol–water partition coefficient (Wildman–Crippen LogP) is 2.28. The van der Waals surface area contributed by atoms with Crippen LogP contribution in [0.5, 0.6) is 0 Å². The molecule has 1 aromatic carbocycles. The zero-order valence-electron chi connectivity index (χ0n) is 19.0. The van der Waals surface area contributed by atoms with Crippen LogP contribution in [0.1, 0.15) is 35.3 Å². The Labute approximate surface area is 204 Å². The van der Waals surface area contributed by atoms with Crippen LogP contribution < -0.4 is 22.1 Å². The third kappa shape index (κ3) is 9.41. The lowest BCUT2D eigenvalue weighted by Gasteiger charge is -2.30. The van der Waals surface area contributed by atoms with Crippen molar-refractivity contribution >= 4 is 46.7 Å². The van der Waals surface area contributed by atoms with Gasteiger partial charge in [0.1, 0.15) is 0 Å². The molecule has 0 radical (unpaired) electrons. The molecule has 2 amide bonds. The van der Waals surface area contributed by atoms with E-state index in [-0.39, 0.29) is 28.4 Å². The van der Waals surface area contributed by atoms with Crippen LogP contribution >= 0.6 is 23.2 Å². The lowest BCUT2D eigenvalue weighted by Crippen LogP contribution is -2.46. The Morgan fingerprint density at radius 3 is 2.30 bits per heavy atom. The summed E-state index contributed by atoms with van der Waals surface area (Å²) in [4.78, 5) is 32.0. The summed E-state index contributed by atoms with van der Waals surface area (Å²) in [7, 11) is 4.21. The van der Waals surface area contributed by atoms with Crippen molar-refractivity contribution in [2.24, 2.45) is 0 Å². The van der Waals surface area contributed by atoms with Crippen molar-refractivity contribution in [1.82, 2.24) is 20.6 Å². The summed E-state index contributed by atoms with van der Waals surface area (Å²) in [5, 5.41) is 6.36. The van der Waals surface area contributed by atoms with Crippen LogP contribution in [0.2, 0.25) is 10.2 Å². The van der Waals surface area contributed by atoms with E-state index in [2.05, 4.69) is 34.7 Å². The fourth-order valence-corrected chi connectivity index (χ4v) is 3.45. The number of unbranched alkanes of at least 4 members (excludes halogenated alkanes) is 2. The van der Waals surface area contributed by atoms with Crippen LogP contribution in [0.3, 0.4) is 0 Å². The molecule has 2 aromatic rings. The summed E-state index contributed by atoms with van der Waals surface area (Å²) in [5.74, 6) is -0.485. The fraction of sp³-hybridized carbons (Fsp3) is 0.455. The normalized spacial score (nSPS) is 11.3. The van der Waals surface area contributed by atoms with Crippen LogP contribution in [-0.2, 0) is 11.2 Å². The zero-order valence-corrected chi connectivity index (χ0v) is 20.5. The van der Waals surface area contributed by atoms with Crippen molar-refractivity contribution in [3.05, 3.63) is 45.7 Å². The number of likely N-dealkylation sites (N-methyl/N-ethyl adjacent to an activating group) is 1. The molecule has 0 fully saturated rings. The molecule has 0 aliphatic carbocycles. The molecule has 0 aliphatic rings. The minimum atomic E-state index is -0.434. The van der Waals surface area contributed by atoms with Gasteiger partial charge in [0.15, 0.2) is 22.5 Å². The zero-order chi connectivity index (χ0) is 24.4. The van der Waals surface area contributed by atoms with E-state index in [9.17, 15) is 9.59 Å². The van der Waals surface area contributed by atoms with Crippen molar-refractivity contribution in [3.63, 3.8) is 0 Å². The van der Waals surface area contributed by atoms with Crippen LogP contribution in [0.15, 0.2) is 24.3 Å². The molecule has 6 N–H and O–H groups in total. The number of nitrogens with two attached hydrogens (primary N) is 2. The van der Waals surface area contributed by atoms with Gasteiger partial charge in [0.05, 0.1) is 40.2 Å². The summed E-state index contributed by atoms with van der Waals surface area (Å²) in [5.41, 5.74) is 12.2. The first kappa shape index (κ1) is 26.6. The molecule has 9 nitrogen and oxygen atoms in total. The van der Waals surface area contributed by atoms with Gasteiger partial charge in [-0.25, -0.2) is 9.97 Å². The molecule has 1 aromatic heterocycles. The highest BCUT2D eigenvalue weighted by molar-refractivity contribution is 6.31. The Balaban J connectivity index is 1.60. The van der Waals surface area contributed by atoms with Crippen molar-refractivity contribution in [1.29, 1.82) is 0 Å². The maximum Gasteiger partial charge on any atom is 0.273 e. The molecule has 0 bridgehead atoms. The van der Waals surface area contributed by atoms with Gasteiger partial charge in [-0.3, -0.25) is 9.59 Å². The lowest BCUT2D eigenvalue weighted by molar-refractivity contribution is -0.889. The lowest BCUT2D eigenvalue weighted by atomic mass is 10.1. The average molecular weight is 497 g/mol. The fourth-order valence-electron chi connectivity index (χ4n) is 3.20. The number of nitrogens with one attached hydrogen (secondary N) is 2. The van der Waals surface area contributed by atoms with E-state index >= 15 is 0 Å². The monoisotopic (exact) mass is 496 g/mol. The Kier molecular flexibility index (Phi) is 10.1. The van der Waals surface area contributed by atoms with Crippen molar-refractivity contribution < 1.29 is 14.1 Å². The molecule has 0 saturated carbocycles. The van der Waals surface area contributed by atoms with E-state index in [1.807, 2.05) is 12.1 Å². The molecular weight excluding hydrogens is 465 g/mol. The van der Waals surface area contributed by atoms with E-state index in [0.717, 1.165) is 42.4 Å². The third-order valence-corrected chi connectivity index (χ3v) is 5.69. The number of anilines is 2. The largest absolute Gasteiger partial charge is 0.382 e. The Hall–Kier alpha value is -2.62. The molecule has 0 spiro atoms. The first-order valence-electron chi connectivity index (χ1n) is 10.8. The van der Waals surface area contributed by atoms with Crippen LogP contribution in [0.4, 0.5) is 11.6 Å². The SMILES string of the molecule is C[N+](C)(CCCCCNC(=O)Cc1ccc(Cl)cc1)CCNC(=O)c1nc(Cl)c(N)nc1N. The number of carbonyl (C=O) groups excluding carboxylic acids is 2. The second-order valence-electron chi connectivity index (χ2n) is 8.49. The maximum atomic E-state index is 12.3. The molecule has 33 heavy (non-hydrogen) atoms. The van der Waals surface area contributed by atoms with Crippen LogP contribution in [-0.4, -0.2) is 66.5 Å². The minimum absolute atomic E-state index is 0.00959. The number of benzene rings is 1. The van der Waals surface area contributed by atoms with Gasteiger partial charge in [0.2, 0.25) is 5.91 Å². The minimum Gasteiger partial charge on any atom is -0.382 e. The van der Waals surface area contributed by atoms with Crippen molar-refractivity contribution in [3.8, 4) is 0 Å². The first-order chi connectivity index (χ1) is 15.6. The van der Waals surface area contributed by atoms with E-state index in [4.69, 9.17) is 34.7 Å². The number of amides is 2. The van der Waals surface area contributed by atoms with Gasteiger partial charge >= 0.3 is 0 Å². The van der Waals surface area contributed by atoms with Gasteiger partial charge in [0, 0.05) is 11.6 Å². The second kappa shape index (κ2) is 12.6. The smallest absolute Gasteiger partial charge is 0.273 e. The number of aromatic nitrogens is 2. The van der Waals surface area contributed by atoms with Gasteiger partial charge in [0.25, 0.3) is 5.91 Å². The molecule has 2 rings (SSSR count). The molecular formula is C22H32Cl2N7O2+. The highest BCUT2D eigenvalue weighted by Crippen LogP contribution is 2.17. The van der Waals surface area contributed by atoms with Gasteiger partial charge in [-0.15, -0.1) is 0 Å². The number of halogens is 2. The van der Waals surface area contributed by atoms with Crippen molar-refractivity contribution in [2.45, 2.75) is 25.7 Å². The van der Waals surface area contributed by atoms with Crippen LogP contribution in [0, 0.1) is 0 Å². The summed E-state index contributed by atoms with van der Waals surface area (Å²) >= 11 is 11.7. The molecule has 0 unspecified atom stereocenters. The standard InChI is InChI=1S/C22H31Cl2N7O2/c1-31(2,13-11-28-22(33)18-20(25)30-21(26)19(24)29-18)12-5-3-4-10-27-17(32)14-15-6-8-16(23)9-7-15/h6-9H,3-5,10-14H2,1-2H3,(H5-,25,26,27,28,30,32,33)/p+1. The molecule has 1 heterocycles. The second-order valence-corrected chi connectivity index (χ2v) is 9.28. The van der Waals surface area contributed by atoms with Crippen LogP contribution in [0.25, 0.3) is 0 Å². The summed E-state index contributed by atoms with van der Waals surface area (Å²) in [6.45, 7) is 2.79.